The Kier molecular flexibility index (Phi) is 7.74. The average Bonchev–Trinajstić information content (AvgIpc) is 3.09. The standard InChI is InChI=1S/C23H32N4O5/c1-16(2)14-20(29)26-10-8-25(9-11-26)18-6-4-17(5-7-18)24-21-19(23(31)32-3)15-27(12-13-28)22(21)30/h4-7,16,24,28H,8-15H2,1-3H3. The molecule has 0 aliphatic carbocycles. The average molecular weight is 445 g/mol. The summed E-state index contributed by atoms with van der Waals surface area (Å²) in [6.45, 7) is 7.12. The van der Waals surface area contributed by atoms with E-state index in [-0.39, 0.29) is 42.8 Å². The van der Waals surface area contributed by atoms with Gasteiger partial charge in [0, 0.05) is 50.5 Å². The van der Waals surface area contributed by atoms with Gasteiger partial charge in [0.05, 0.1) is 25.8 Å². The zero-order chi connectivity index (χ0) is 23.3. The third kappa shape index (κ3) is 5.40. The minimum absolute atomic E-state index is 0.103. The number of hydrogen-bond acceptors (Lipinski definition) is 7. The number of hydrogen-bond donors (Lipinski definition) is 2. The van der Waals surface area contributed by atoms with Gasteiger partial charge in [-0.15, -0.1) is 0 Å². The molecule has 2 aliphatic heterocycles. The van der Waals surface area contributed by atoms with Crippen LogP contribution in [0.5, 0.6) is 0 Å². The summed E-state index contributed by atoms with van der Waals surface area (Å²) in [5.74, 6) is -0.336. The van der Waals surface area contributed by atoms with Crippen LogP contribution in [0.2, 0.25) is 0 Å². The second-order valence-corrected chi connectivity index (χ2v) is 8.43. The van der Waals surface area contributed by atoms with Crippen LogP contribution in [0.4, 0.5) is 11.4 Å². The fourth-order valence-corrected chi connectivity index (χ4v) is 3.94. The Balaban J connectivity index is 1.64. The smallest absolute Gasteiger partial charge is 0.337 e. The molecule has 2 heterocycles. The van der Waals surface area contributed by atoms with Crippen molar-refractivity contribution >= 4 is 29.2 Å². The highest BCUT2D eigenvalue weighted by atomic mass is 16.5. The Morgan fingerprint density at radius 2 is 1.78 bits per heavy atom. The van der Waals surface area contributed by atoms with Crippen molar-refractivity contribution in [1.29, 1.82) is 0 Å². The molecule has 0 atom stereocenters. The highest BCUT2D eigenvalue weighted by Gasteiger charge is 2.34. The van der Waals surface area contributed by atoms with Gasteiger partial charge in [-0.25, -0.2) is 4.79 Å². The Hall–Kier alpha value is -3.07. The van der Waals surface area contributed by atoms with Crippen molar-refractivity contribution in [3.63, 3.8) is 0 Å². The molecular weight excluding hydrogens is 412 g/mol. The Bertz CT molecular complexity index is 873. The number of benzene rings is 1. The summed E-state index contributed by atoms with van der Waals surface area (Å²) in [5.41, 5.74) is 2.14. The lowest BCUT2D eigenvalue weighted by Gasteiger charge is -2.36. The molecule has 1 aromatic rings. The van der Waals surface area contributed by atoms with Gasteiger partial charge in [-0.1, -0.05) is 13.8 Å². The van der Waals surface area contributed by atoms with Crippen LogP contribution < -0.4 is 10.2 Å². The van der Waals surface area contributed by atoms with Crippen molar-refractivity contribution < 1.29 is 24.2 Å². The fourth-order valence-electron chi connectivity index (χ4n) is 3.94. The van der Waals surface area contributed by atoms with E-state index in [0.29, 0.717) is 31.1 Å². The molecule has 1 aromatic carbocycles. The quantitative estimate of drug-likeness (QED) is 0.578. The van der Waals surface area contributed by atoms with E-state index in [1.54, 1.807) is 0 Å². The van der Waals surface area contributed by atoms with Crippen molar-refractivity contribution in [3.8, 4) is 0 Å². The van der Waals surface area contributed by atoms with Crippen LogP contribution in [-0.2, 0) is 19.1 Å². The van der Waals surface area contributed by atoms with E-state index in [1.165, 1.54) is 12.0 Å². The van der Waals surface area contributed by atoms with Crippen molar-refractivity contribution in [2.24, 2.45) is 5.92 Å². The van der Waals surface area contributed by atoms with E-state index in [0.717, 1.165) is 18.8 Å². The first-order valence-corrected chi connectivity index (χ1v) is 11.0. The van der Waals surface area contributed by atoms with E-state index in [2.05, 4.69) is 24.1 Å². The molecule has 0 saturated carbocycles. The summed E-state index contributed by atoms with van der Waals surface area (Å²) in [6.07, 6.45) is 0.582. The monoisotopic (exact) mass is 444 g/mol. The first-order valence-electron chi connectivity index (χ1n) is 11.0. The molecule has 9 nitrogen and oxygen atoms in total. The van der Waals surface area contributed by atoms with E-state index in [4.69, 9.17) is 9.84 Å². The lowest BCUT2D eigenvalue weighted by atomic mass is 10.1. The molecule has 0 radical (unpaired) electrons. The zero-order valence-electron chi connectivity index (χ0n) is 19.0. The maximum Gasteiger partial charge on any atom is 0.337 e. The molecule has 2 aliphatic rings. The number of aliphatic hydroxyl groups is 1. The van der Waals surface area contributed by atoms with Crippen molar-refractivity contribution in [1.82, 2.24) is 9.80 Å². The molecule has 32 heavy (non-hydrogen) atoms. The summed E-state index contributed by atoms with van der Waals surface area (Å²) in [4.78, 5) is 42.6. The third-order valence-electron chi connectivity index (χ3n) is 5.67. The van der Waals surface area contributed by atoms with Gasteiger partial charge in [-0.3, -0.25) is 9.59 Å². The van der Waals surface area contributed by atoms with Gasteiger partial charge in [-0.05, 0) is 30.2 Å². The number of rotatable bonds is 8. The molecule has 2 N–H and O–H groups in total. The van der Waals surface area contributed by atoms with E-state index in [1.807, 2.05) is 29.2 Å². The number of ether oxygens (including phenoxy) is 1. The van der Waals surface area contributed by atoms with Crippen LogP contribution in [0.25, 0.3) is 0 Å². The molecule has 174 valence electrons. The number of nitrogens with one attached hydrogen (secondary N) is 1. The number of methoxy groups -OCH3 is 1. The number of carbonyl (C=O) groups excluding carboxylic acids is 3. The molecule has 0 unspecified atom stereocenters. The molecule has 1 saturated heterocycles. The summed E-state index contributed by atoms with van der Waals surface area (Å²) in [5, 5.41) is 12.2. The first-order chi connectivity index (χ1) is 15.3. The predicted octanol–water partition coefficient (Wildman–Crippen LogP) is 1.05. The lowest BCUT2D eigenvalue weighted by molar-refractivity contribution is -0.136. The summed E-state index contributed by atoms with van der Waals surface area (Å²) in [7, 11) is 1.27. The van der Waals surface area contributed by atoms with Gasteiger partial charge >= 0.3 is 5.97 Å². The number of esters is 1. The van der Waals surface area contributed by atoms with E-state index in [9.17, 15) is 14.4 Å². The van der Waals surface area contributed by atoms with Gasteiger partial charge in [0.2, 0.25) is 5.91 Å². The lowest BCUT2D eigenvalue weighted by Crippen LogP contribution is -2.49. The van der Waals surface area contributed by atoms with E-state index >= 15 is 0 Å². The number of amides is 2. The maximum absolute atomic E-state index is 12.6. The minimum Gasteiger partial charge on any atom is -0.466 e. The molecule has 0 spiro atoms. The van der Waals surface area contributed by atoms with Crippen molar-refractivity contribution in [3.05, 3.63) is 35.5 Å². The Morgan fingerprint density at radius 3 is 2.34 bits per heavy atom. The second-order valence-electron chi connectivity index (χ2n) is 8.43. The summed E-state index contributed by atoms with van der Waals surface area (Å²) < 4.78 is 4.81. The van der Waals surface area contributed by atoms with Crippen molar-refractivity contribution in [2.75, 3.05) is 63.2 Å². The number of aliphatic hydroxyl groups excluding tert-OH is 1. The van der Waals surface area contributed by atoms with Crippen LogP contribution in [0.3, 0.4) is 0 Å². The molecule has 3 rings (SSSR count). The summed E-state index contributed by atoms with van der Waals surface area (Å²) >= 11 is 0. The molecule has 1 fully saturated rings. The van der Waals surface area contributed by atoms with Crippen LogP contribution in [0, 0.1) is 5.92 Å². The maximum atomic E-state index is 12.6. The molecule has 0 bridgehead atoms. The molecular formula is C23H32N4O5. The second kappa shape index (κ2) is 10.5. The van der Waals surface area contributed by atoms with E-state index < -0.39 is 5.97 Å². The van der Waals surface area contributed by atoms with Crippen LogP contribution in [0.1, 0.15) is 20.3 Å². The Morgan fingerprint density at radius 1 is 1.12 bits per heavy atom. The predicted molar refractivity (Wildman–Crippen MR) is 121 cm³/mol. The molecule has 0 aromatic heterocycles. The van der Waals surface area contributed by atoms with Gasteiger partial charge in [0.25, 0.3) is 5.91 Å². The van der Waals surface area contributed by atoms with Gasteiger partial charge in [0.1, 0.15) is 5.70 Å². The molecule has 2 amide bonds. The van der Waals surface area contributed by atoms with Crippen LogP contribution >= 0.6 is 0 Å². The number of nitrogens with zero attached hydrogens (tertiary/aromatic N) is 3. The first kappa shape index (κ1) is 23.6. The number of anilines is 2. The minimum atomic E-state index is -0.567. The van der Waals surface area contributed by atoms with Crippen LogP contribution in [-0.4, -0.2) is 85.7 Å². The van der Waals surface area contributed by atoms with Gasteiger partial charge in [-0.2, -0.15) is 0 Å². The van der Waals surface area contributed by atoms with Gasteiger partial charge in [0.15, 0.2) is 0 Å². The number of β-amino-alcohol motifs (C(OH)–C–C–N with tert-alkyl or cyclic N) is 1. The Labute approximate surface area is 188 Å². The SMILES string of the molecule is COC(=O)C1=C(Nc2ccc(N3CCN(C(=O)CC(C)C)CC3)cc2)C(=O)N(CCO)C1. The van der Waals surface area contributed by atoms with Crippen molar-refractivity contribution in [2.45, 2.75) is 20.3 Å². The fraction of sp³-hybridized carbons (Fsp3) is 0.522. The normalized spacial score (nSPS) is 16.8. The zero-order valence-corrected chi connectivity index (χ0v) is 19.0. The molecule has 9 heteroatoms. The highest BCUT2D eigenvalue weighted by Crippen LogP contribution is 2.25. The largest absolute Gasteiger partial charge is 0.466 e. The third-order valence-corrected chi connectivity index (χ3v) is 5.67. The summed E-state index contributed by atoms with van der Waals surface area (Å²) in [6, 6.07) is 7.62. The highest BCUT2D eigenvalue weighted by molar-refractivity contribution is 6.08. The number of carbonyl (C=O) groups is 3. The van der Waals surface area contributed by atoms with Gasteiger partial charge < -0.3 is 29.9 Å². The topological polar surface area (TPSA) is 102 Å². The number of piperazine rings is 1. The van der Waals surface area contributed by atoms with Crippen LogP contribution in [0.15, 0.2) is 35.5 Å².